The fraction of sp³-hybridized carbons (Fsp3) is 0. The van der Waals surface area contributed by atoms with E-state index >= 15 is 0 Å². The third-order valence-corrected chi connectivity index (χ3v) is 12.3. The van der Waals surface area contributed by atoms with Crippen LogP contribution in [0.25, 0.3) is 111 Å². The van der Waals surface area contributed by atoms with Crippen molar-refractivity contribution in [1.82, 2.24) is 19.1 Å². The van der Waals surface area contributed by atoms with Crippen molar-refractivity contribution in [3.05, 3.63) is 206 Å². The minimum atomic E-state index is 0.598. The number of fused-ring (bicyclic) bond motifs is 9. The highest BCUT2D eigenvalue weighted by Gasteiger charge is 2.27. The number of ether oxygens (including phenoxy) is 1. The predicted molar refractivity (Wildman–Crippen MR) is 250 cm³/mol. The van der Waals surface area contributed by atoms with Gasteiger partial charge in [-0.15, -0.1) is 0 Å². The number of rotatable bonds is 5. The summed E-state index contributed by atoms with van der Waals surface area (Å²) in [5.74, 6) is 2.30. The Morgan fingerprint density at radius 2 is 0.951 bits per heavy atom. The molecule has 0 spiro atoms. The highest BCUT2D eigenvalue weighted by Crippen LogP contribution is 2.52. The molecule has 61 heavy (non-hydrogen) atoms. The molecule has 0 aliphatic carbocycles. The van der Waals surface area contributed by atoms with E-state index in [1.54, 1.807) is 0 Å². The molecule has 0 N–H and O–H groups in total. The van der Waals surface area contributed by atoms with E-state index in [0.29, 0.717) is 5.95 Å². The topological polar surface area (TPSA) is 44.9 Å². The summed E-state index contributed by atoms with van der Waals surface area (Å²) >= 11 is 0. The molecule has 0 radical (unpaired) electrons. The Morgan fingerprint density at radius 1 is 0.361 bits per heavy atom. The van der Waals surface area contributed by atoms with Gasteiger partial charge in [0.25, 0.3) is 0 Å². The summed E-state index contributed by atoms with van der Waals surface area (Å²) < 4.78 is 11.6. The van der Waals surface area contributed by atoms with Crippen molar-refractivity contribution in [2.45, 2.75) is 0 Å². The third kappa shape index (κ3) is 5.14. The number of aromatic nitrogens is 4. The molecule has 1 aliphatic heterocycles. The molecule has 1 aliphatic rings. The van der Waals surface area contributed by atoms with Gasteiger partial charge in [0.05, 0.1) is 38.8 Å². The largest absolute Gasteiger partial charge is 0.455 e. The van der Waals surface area contributed by atoms with Gasteiger partial charge in [-0.3, -0.25) is 4.57 Å². The molecule has 0 saturated heterocycles. The molecule has 0 atom stereocenters. The van der Waals surface area contributed by atoms with Crippen molar-refractivity contribution >= 4 is 54.4 Å². The van der Waals surface area contributed by atoms with E-state index in [1.165, 1.54) is 27.4 Å². The van der Waals surface area contributed by atoms with Crippen molar-refractivity contribution < 1.29 is 4.74 Å². The zero-order valence-electron chi connectivity index (χ0n) is 32.8. The molecule has 0 unspecified atom stereocenters. The van der Waals surface area contributed by atoms with Crippen LogP contribution in [0, 0.1) is 0 Å². The summed E-state index contributed by atoms with van der Waals surface area (Å²) in [7, 11) is 0. The lowest BCUT2D eigenvalue weighted by atomic mass is 9.93. The number of nitrogens with zero attached hydrogens (tertiary/aromatic N) is 4. The van der Waals surface area contributed by atoms with Gasteiger partial charge in [-0.1, -0.05) is 140 Å². The van der Waals surface area contributed by atoms with Crippen molar-refractivity contribution in [2.24, 2.45) is 0 Å². The van der Waals surface area contributed by atoms with Crippen LogP contribution in [0.2, 0.25) is 0 Å². The summed E-state index contributed by atoms with van der Waals surface area (Å²) in [6.07, 6.45) is 0. The lowest BCUT2D eigenvalue weighted by Gasteiger charge is -2.22. The van der Waals surface area contributed by atoms with Crippen LogP contribution in [0.5, 0.6) is 11.5 Å². The average molecular weight is 779 g/mol. The lowest BCUT2D eigenvalue weighted by Crippen LogP contribution is -2.04. The maximum atomic E-state index is 7.05. The normalized spacial score (nSPS) is 12.1. The van der Waals surface area contributed by atoms with Crippen molar-refractivity contribution in [2.75, 3.05) is 0 Å². The zero-order valence-corrected chi connectivity index (χ0v) is 32.8. The van der Waals surface area contributed by atoms with Crippen LogP contribution in [0.1, 0.15) is 0 Å². The van der Waals surface area contributed by atoms with Crippen LogP contribution in [0.4, 0.5) is 0 Å². The number of hydrogen-bond acceptors (Lipinski definition) is 3. The maximum absolute atomic E-state index is 7.05. The molecule has 9 aromatic carbocycles. The number of para-hydroxylation sites is 2. The van der Waals surface area contributed by atoms with Crippen molar-refractivity contribution in [3.8, 4) is 67.9 Å². The van der Waals surface area contributed by atoms with Crippen LogP contribution in [0.3, 0.4) is 0 Å². The van der Waals surface area contributed by atoms with E-state index in [2.05, 4.69) is 203 Å². The molecule has 4 heterocycles. The molecule has 12 aromatic rings. The minimum Gasteiger partial charge on any atom is -0.455 e. The van der Waals surface area contributed by atoms with Gasteiger partial charge in [0, 0.05) is 43.9 Å². The van der Waals surface area contributed by atoms with E-state index in [-0.39, 0.29) is 0 Å². The van der Waals surface area contributed by atoms with Crippen LogP contribution < -0.4 is 4.74 Å². The molecule has 13 rings (SSSR count). The fourth-order valence-corrected chi connectivity index (χ4v) is 9.57. The molecule has 0 saturated carbocycles. The minimum absolute atomic E-state index is 0.598. The number of benzene rings is 9. The van der Waals surface area contributed by atoms with Gasteiger partial charge in [0.2, 0.25) is 5.95 Å². The second kappa shape index (κ2) is 13.1. The van der Waals surface area contributed by atoms with Gasteiger partial charge in [-0.2, -0.15) is 0 Å². The molecule has 5 heteroatoms. The van der Waals surface area contributed by atoms with E-state index < -0.39 is 0 Å². The Labute approximate surface area is 351 Å². The summed E-state index contributed by atoms with van der Waals surface area (Å²) in [6, 6.07) is 73.0. The summed E-state index contributed by atoms with van der Waals surface area (Å²) in [5.41, 5.74) is 13.7. The first-order chi connectivity index (χ1) is 30.2. The van der Waals surface area contributed by atoms with Crippen LogP contribution in [0.15, 0.2) is 206 Å². The Bertz CT molecular complexity index is 3660. The first-order valence-corrected chi connectivity index (χ1v) is 20.7. The van der Waals surface area contributed by atoms with Crippen LogP contribution >= 0.6 is 0 Å². The third-order valence-electron chi connectivity index (χ3n) is 12.3. The molecule has 0 bridgehead atoms. The van der Waals surface area contributed by atoms with Crippen LogP contribution in [-0.2, 0) is 0 Å². The van der Waals surface area contributed by atoms with Gasteiger partial charge >= 0.3 is 0 Å². The Hall–Kier alpha value is -8.28. The average Bonchev–Trinajstić information content (AvgIpc) is 3.85. The van der Waals surface area contributed by atoms with E-state index in [9.17, 15) is 0 Å². The Kier molecular flexibility index (Phi) is 7.24. The molecule has 0 fully saturated rings. The van der Waals surface area contributed by atoms with E-state index in [4.69, 9.17) is 14.7 Å². The van der Waals surface area contributed by atoms with Gasteiger partial charge in [0.1, 0.15) is 11.5 Å². The molecule has 284 valence electrons. The molecule has 0 amide bonds. The van der Waals surface area contributed by atoms with Crippen molar-refractivity contribution in [1.29, 1.82) is 0 Å². The van der Waals surface area contributed by atoms with Crippen molar-refractivity contribution in [3.63, 3.8) is 0 Å². The molecule has 3 aromatic heterocycles. The Balaban J connectivity index is 1.09. The smallest absolute Gasteiger partial charge is 0.235 e. The number of hydrogen-bond donors (Lipinski definition) is 0. The zero-order chi connectivity index (χ0) is 40.0. The molecular formula is C56H34N4O. The molecule has 5 nitrogen and oxygen atoms in total. The Morgan fingerprint density at radius 3 is 1.67 bits per heavy atom. The van der Waals surface area contributed by atoms with Gasteiger partial charge in [-0.05, 0) is 88.8 Å². The quantitative estimate of drug-likeness (QED) is 0.175. The van der Waals surface area contributed by atoms with Gasteiger partial charge in [-0.25, -0.2) is 9.97 Å². The van der Waals surface area contributed by atoms with Crippen LogP contribution in [-0.4, -0.2) is 19.1 Å². The maximum Gasteiger partial charge on any atom is 0.235 e. The first-order valence-electron chi connectivity index (χ1n) is 20.7. The predicted octanol–water partition coefficient (Wildman–Crippen LogP) is 14.6. The van der Waals surface area contributed by atoms with Gasteiger partial charge in [0.15, 0.2) is 0 Å². The highest BCUT2D eigenvalue weighted by atomic mass is 16.5. The fourth-order valence-electron chi connectivity index (χ4n) is 9.57. The highest BCUT2D eigenvalue weighted by molar-refractivity contribution is 6.18. The second-order valence-electron chi connectivity index (χ2n) is 15.8. The standard InChI is InChI=1S/C56H34N4O/c1-4-14-35(15-5-1)46-34-47(36-16-6-2-7-17-36)58-56(57-46)60-50-30-27-39(38-26-29-49-44(32-38)41-22-10-11-24-48(41)59(49)40-20-8-3-9-21-40)33-45(50)54-51(60)31-28-43-42-23-12-18-37-19-13-25-52(53(37)42)61-55(43)54/h1-34H. The monoisotopic (exact) mass is 778 g/mol. The summed E-state index contributed by atoms with van der Waals surface area (Å²) in [4.78, 5) is 10.7. The van der Waals surface area contributed by atoms with Gasteiger partial charge < -0.3 is 9.30 Å². The SMILES string of the molecule is c1ccc(-c2cc(-c3ccccc3)nc(-n3c4ccc(-c5ccc6c(c5)c5ccccc5n6-c5ccccc5)cc4c4c5c(ccc43)-c3cccc4cccc(c34)O5)n2)cc1. The van der Waals surface area contributed by atoms with E-state index in [1.807, 2.05) is 12.1 Å². The first kappa shape index (κ1) is 33.7. The summed E-state index contributed by atoms with van der Waals surface area (Å²) in [6.45, 7) is 0. The second-order valence-corrected chi connectivity index (χ2v) is 15.8. The summed E-state index contributed by atoms with van der Waals surface area (Å²) in [5, 5.41) is 6.82. The lowest BCUT2D eigenvalue weighted by molar-refractivity contribution is 0.493. The van der Waals surface area contributed by atoms with E-state index in [0.717, 1.165) is 89.0 Å². The molecular weight excluding hydrogens is 745 g/mol.